The van der Waals surface area contributed by atoms with Gasteiger partial charge in [-0.1, -0.05) is 15.8 Å². The number of alkyl halides is 18. The standard InChI is InChI=1S/C14H6F15O2S.CHF3O3S/c1-5-2-3-7-6(4-5)8(10(15,16)17,11(18,19)20)30-32(7)31-9(12(21,22)23,13(24,25)26)14(27,28)29;2-1(3,4)8(5,6)7/h2-4H,1H3;(H,5,6,7)/q+1;/p-1. The van der Waals surface area contributed by atoms with E-state index < -0.39 is 85.2 Å². The summed E-state index contributed by atoms with van der Waals surface area (Å²) in [6.07, 6.45) is -35.4. The topological polar surface area (TPSA) is 75.7 Å². The van der Waals surface area contributed by atoms with E-state index in [1.165, 1.54) is 0 Å². The van der Waals surface area contributed by atoms with Gasteiger partial charge in [-0.15, -0.1) is 4.18 Å². The summed E-state index contributed by atoms with van der Waals surface area (Å²) in [6, 6.07) is 0.842. The molecular weight excluding hydrogens is 666 g/mol. The van der Waals surface area contributed by atoms with Gasteiger partial charge in [0.25, 0.3) is 0 Å². The van der Waals surface area contributed by atoms with Crippen LogP contribution in [-0.4, -0.2) is 55.0 Å². The average molecular weight is 672 g/mol. The Morgan fingerprint density at radius 2 is 1.10 bits per heavy atom. The summed E-state index contributed by atoms with van der Waals surface area (Å²) in [5, 5.41) is 0. The minimum absolute atomic E-state index is 0.0586. The fourth-order valence-electron chi connectivity index (χ4n) is 2.63. The Balaban J connectivity index is 0.000000869. The Morgan fingerprint density at radius 3 is 1.38 bits per heavy atom. The van der Waals surface area contributed by atoms with Crippen LogP contribution < -0.4 is 0 Å². The molecule has 0 aromatic heterocycles. The molecule has 0 spiro atoms. The molecule has 0 saturated carbocycles. The fraction of sp³-hybridized carbons (Fsp3) is 0.600. The van der Waals surface area contributed by atoms with Crippen molar-refractivity contribution in [3.8, 4) is 0 Å². The van der Waals surface area contributed by atoms with E-state index >= 15 is 0 Å². The number of hydrogen-bond donors (Lipinski definition) is 0. The van der Waals surface area contributed by atoms with Gasteiger partial charge in [-0.3, -0.25) is 0 Å². The number of hydrogen-bond acceptors (Lipinski definition) is 5. The quantitative estimate of drug-likeness (QED) is 0.152. The molecule has 0 radical (unpaired) electrons. The van der Waals surface area contributed by atoms with E-state index in [9.17, 15) is 79.0 Å². The van der Waals surface area contributed by atoms with Crippen LogP contribution in [0.2, 0.25) is 0 Å². The molecule has 234 valence electrons. The summed E-state index contributed by atoms with van der Waals surface area (Å²) in [7, 11) is -6.09. The zero-order valence-electron chi connectivity index (χ0n) is 17.9. The second kappa shape index (κ2) is 10.1. The molecule has 0 amide bonds. The lowest BCUT2D eigenvalue weighted by Gasteiger charge is -2.34. The molecule has 0 N–H and O–H groups in total. The van der Waals surface area contributed by atoms with Gasteiger partial charge in [-0.25, -0.2) is 8.42 Å². The van der Waals surface area contributed by atoms with Crippen LogP contribution in [0.1, 0.15) is 11.1 Å². The third-order valence-electron chi connectivity index (χ3n) is 4.37. The smallest absolute Gasteiger partial charge is 0.485 e. The molecule has 5 nitrogen and oxygen atoms in total. The van der Waals surface area contributed by atoms with Gasteiger partial charge in [0.15, 0.2) is 10.1 Å². The van der Waals surface area contributed by atoms with E-state index in [-0.39, 0.29) is 12.1 Å². The summed E-state index contributed by atoms with van der Waals surface area (Å²) in [5.74, 6) is 0. The van der Waals surface area contributed by atoms with Crippen LogP contribution in [0.5, 0.6) is 0 Å². The lowest BCUT2D eigenvalue weighted by Crippen LogP contribution is -2.68. The summed E-state index contributed by atoms with van der Waals surface area (Å²) < 4.78 is 264. The molecule has 1 unspecified atom stereocenters. The van der Waals surface area contributed by atoms with E-state index in [0.29, 0.717) is 6.07 Å². The largest absolute Gasteiger partial charge is 0.741 e. The second-order valence-electron chi connectivity index (χ2n) is 7.15. The molecule has 0 fully saturated rings. The third-order valence-corrected chi connectivity index (χ3v) is 6.46. The van der Waals surface area contributed by atoms with Crippen LogP contribution >= 0.6 is 0 Å². The van der Waals surface area contributed by atoms with Crippen molar-refractivity contribution >= 4 is 21.6 Å². The zero-order chi connectivity index (χ0) is 32.3. The maximum atomic E-state index is 13.5. The van der Waals surface area contributed by atoms with Crippen LogP contribution in [-0.2, 0) is 35.5 Å². The first-order valence-electron chi connectivity index (χ1n) is 8.79. The van der Waals surface area contributed by atoms with E-state index in [2.05, 4.69) is 8.37 Å². The van der Waals surface area contributed by atoms with Crippen LogP contribution in [0.15, 0.2) is 23.1 Å². The van der Waals surface area contributed by atoms with Crippen LogP contribution in [0.3, 0.4) is 0 Å². The first-order chi connectivity index (χ1) is 17.2. The number of fused-ring (bicyclic) bond motifs is 1. The Bertz CT molecular complexity index is 1120. The van der Waals surface area contributed by atoms with Gasteiger partial charge < -0.3 is 4.55 Å². The van der Waals surface area contributed by atoms with Crippen molar-refractivity contribution < 1.29 is 100 Å². The highest BCUT2D eigenvalue weighted by Crippen LogP contribution is 2.63. The van der Waals surface area contributed by atoms with Gasteiger partial charge in [0, 0.05) is 6.07 Å². The number of halogens is 18. The van der Waals surface area contributed by atoms with Gasteiger partial charge in [0.1, 0.15) is 0 Å². The lowest BCUT2D eigenvalue weighted by molar-refractivity contribution is -0.437. The number of aryl methyl sites for hydroxylation is 1. The monoisotopic (exact) mass is 672 g/mol. The normalized spacial score (nSPS) is 19.1. The van der Waals surface area contributed by atoms with Crippen molar-refractivity contribution in [1.82, 2.24) is 0 Å². The molecule has 1 aliphatic rings. The van der Waals surface area contributed by atoms with Crippen LogP contribution in [0.25, 0.3) is 0 Å². The van der Waals surface area contributed by atoms with Crippen molar-refractivity contribution in [1.29, 1.82) is 0 Å². The SMILES string of the molecule is Cc1ccc2c(c1)C(C(F)(F)F)(C(F)(F)F)O[S+]2OC(C(F)(F)F)(C(F)(F)F)C(F)(F)F.O=S(=O)([O-])C(F)(F)F. The van der Waals surface area contributed by atoms with E-state index in [1.54, 1.807) is 0 Å². The lowest BCUT2D eigenvalue weighted by atomic mass is 9.91. The molecule has 1 aromatic rings. The molecule has 2 rings (SSSR count). The van der Waals surface area contributed by atoms with Gasteiger partial charge in [-0.05, 0) is 13.0 Å². The molecule has 1 heterocycles. The first-order valence-corrected chi connectivity index (χ1v) is 11.3. The Kier molecular flexibility index (Phi) is 9.17. The minimum atomic E-state index is -7.41. The van der Waals surface area contributed by atoms with Gasteiger partial charge >= 0.3 is 59.0 Å². The maximum Gasteiger partial charge on any atom is 0.485 e. The summed E-state index contributed by atoms with van der Waals surface area (Å²) in [4.78, 5) is -1.73. The van der Waals surface area contributed by atoms with Gasteiger partial charge in [-0.2, -0.15) is 79.0 Å². The molecule has 0 aliphatic carbocycles. The molecule has 1 aliphatic heterocycles. The Morgan fingerprint density at radius 1 is 0.750 bits per heavy atom. The molecular formula is C15H6F18O5S2. The summed E-state index contributed by atoms with van der Waals surface area (Å²) in [5.41, 5.74) is -20.8. The van der Waals surface area contributed by atoms with E-state index in [1.807, 2.05) is 0 Å². The average Bonchev–Trinajstić information content (AvgIpc) is 2.96. The first kappa shape index (κ1) is 36.2. The van der Waals surface area contributed by atoms with Crippen LogP contribution in [0.4, 0.5) is 79.0 Å². The van der Waals surface area contributed by atoms with E-state index in [4.69, 9.17) is 13.0 Å². The number of benzene rings is 1. The van der Waals surface area contributed by atoms with Crippen molar-refractivity contribution in [3.05, 3.63) is 29.3 Å². The molecule has 40 heavy (non-hydrogen) atoms. The van der Waals surface area contributed by atoms with Crippen molar-refractivity contribution in [2.45, 2.75) is 59.4 Å². The second-order valence-corrected chi connectivity index (χ2v) is 9.77. The predicted octanol–water partition coefficient (Wildman–Crippen LogP) is 6.65. The molecule has 1 atom stereocenters. The van der Waals surface area contributed by atoms with Gasteiger partial charge in [0.05, 0.1) is 5.56 Å². The Labute approximate surface area is 211 Å². The van der Waals surface area contributed by atoms with E-state index in [0.717, 1.165) is 6.92 Å². The van der Waals surface area contributed by atoms with Crippen molar-refractivity contribution in [2.75, 3.05) is 0 Å². The van der Waals surface area contributed by atoms with Gasteiger partial charge in [0.2, 0.25) is 4.90 Å². The molecule has 1 aromatic carbocycles. The highest BCUT2D eigenvalue weighted by Gasteiger charge is 2.91. The fourth-order valence-corrected chi connectivity index (χ4v) is 4.42. The minimum Gasteiger partial charge on any atom is -0.741 e. The van der Waals surface area contributed by atoms with Crippen LogP contribution in [0, 0.1) is 6.92 Å². The zero-order valence-corrected chi connectivity index (χ0v) is 19.5. The third kappa shape index (κ3) is 6.16. The highest BCUT2D eigenvalue weighted by atomic mass is 32.2. The molecule has 0 bridgehead atoms. The summed E-state index contributed by atoms with van der Waals surface area (Å²) >= 11 is -4.38. The molecule has 25 heteroatoms. The predicted molar refractivity (Wildman–Crippen MR) is 89.4 cm³/mol. The highest BCUT2D eigenvalue weighted by molar-refractivity contribution is 7.88. The van der Waals surface area contributed by atoms with Crippen molar-refractivity contribution in [3.63, 3.8) is 0 Å². The number of rotatable bonds is 2. The summed E-state index contributed by atoms with van der Waals surface area (Å²) in [6.45, 7) is 0.903. The molecule has 0 saturated heterocycles. The van der Waals surface area contributed by atoms with Crippen molar-refractivity contribution in [2.24, 2.45) is 0 Å². The Hall–Kier alpha value is -1.86. The maximum absolute atomic E-state index is 13.5.